The SMILES string of the molecule is CC(C)C(S)C(=O)Nc1c(Cl)cc(F)cc1Br. The molecule has 0 heterocycles. The van der Waals surface area contributed by atoms with Gasteiger partial charge in [0.1, 0.15) is 5.82 Å². The van der Waals surface area contributed by atoms with Crippen LogP contribution >= 0.6 is 40.2 Å². The first kappa shape index (κ1) is 14.8. The minimum absolute atomic E-state index is 0.0938. The van der Waals surface area contributed by atoms with Gasteiger partial charge < -0.3 is 5.32 Å². The summed E-state index contributed by atoms with van der Waals surface area (Å²) in [6.45, 7) is 3.77. The van der Waals surface area contributed by atoms with Gasteiger partial charge in [-0.2, -0.15) is 12.6 Å². The molecule has 1 amide bonds. The summed E-state index contributed by atoms with van der Waals surface area (Å²) in [7, 11) is 0. The highest BCUT2D eigenvalue weighted by Crippen LogP contribution is 2.32. The monoisotopic (exact) mass is 339 g/mol. The van der Waals surface area contributed by atoms with Crippen LogP contribution in [0.3, 0.4) is 0 Å². The number of hydrogen-bond acceptors (Lipinski definition) is 2. The third-order valence-corrected chi connectivity index (χ3v) is 3.91. The van der Waals surface area contributed by atoms with E-state index in [4.69, 9.17) is 11.6 Å². The van der Waals surface area contributed by atoms with Crippen LogP contribution in [0.1, 0.15) is 13.8 Å². The van der Waals surface area contributed by atoms with E-state index in [1.54, 1.807) is 0 Å². The molecular weight excluding hydrogens is 329 g/mol. The molecular formula is C11H12BrClFNOS. The molecule has 1 aromatic carbocycles. The summed E-state index contributed by atoms with van der Waals surface area (Å²) in [5.41, 5.74) is 0.359. The Hall–Kier alpha value is -0.260. The number of benzene rings is 1. The zero-order valence-electron chi connectivity index (χ0n) is 9.30. The van der Waals surface area contributed by atoms with Crippen molar-refractivity contribution in [2.45, 2.75) is 19.1 Å². The lowest BCUT2D eigenvalue weighted by atomic mass is 10.1. The standard InChI is InChI=1S/C11H12BrClFNOS/c1-5(2)10(17)11(16)15-9-7(12)3-6(14)4-8(9)13/h3-5,10,17H,1-2H3,(H,15,16). The number of carbonyl (C=O) groups excluding carboxylic acids is 1. The van der Waals surface area contributed by atoms with Gasteiger partial charge in [-0.05, 0) is 34.0 Å². The summed E-state index contributed by atoms with van der Waals surface area (Å²) in [6.07, 6.45) is 0. The highest BCUT2D eigenvalue weighted by molar-refractivity contribution is 9.10. The van der Waals surface area contributed by atoms with Crippen LogP contribution in [0.25, 0.3) is 0 Å². The van der Waals surface area contributed by atoms with Crippen molar-refractivity contribution in [1.82, 2.24) is 0 Å². The molecule has 0 aromatic heterocycles. The van der Waals surface area contributed by atoms with E-state index in [1.165, 1.54) is 6.07 Å². The lowest BCUT2D eigenvalue weighted by molar-refractivity contribution is -0.116. The van der Waals surface area contributed by atoms with Crippen LogP contribution in [0.2, 0.25) is 5.02 Å². The number of nitrogens with one attached hydrogen (secondary N) is 1. The normalized spacial score (nSPS) is 12.6. The molecule has 94 valence electrons. The fourth-order valence-corrected chi connectivity index (χ4v) is 2.12. The van der Waals surface area contributed by atoms with E-state index in [9.17, 15) is 9.18 Å². The zero-order chi connectivity index (χ0) is 13.2. The molecule has 2 nitrogen and oxygen atoms in total. The summed E-state index contributed by atoms with van der Waals surface area (Å²) in [5.74, 6) is -0.639. The Morgan fingerprint density at radius 1 is 1.53 bits per heavy atom. The summed E-state index contributed by atoms with van der Waals surface area (Å²) < 4.78 is 13.4. The average molecular weight is 341 g/mol. The average Bonchev–Trinajstić information content (AvgIpc) is 2.21. The number of anilines is 1. The summed E-state index contributed by atoms with van der Waals surface area (Å²) in [6, 6.07) is 2.38. The lowest BCUT2D eigenvalue weighted by Gasteiger charge is -2.16. The lowest BCUT2D eigenvalue weighted by Crippen LogP contribution is -2.27. The Morgan fingerprint density at radius 2 is 2.12 bits per heavy atom. The van der Waals surface area contributed by atoms with Crippen LogP contribution in [0.4, 0.5) is 10.1 Å². The number of carbonyl (C=O) groups is 1. The molecule has 0 saturated carbocycles. The predicted octanol–water partition coefficient (Wildman–Crippen LogP) is 4.13. The van der Waals surface area contributed by atoms with Gasteiger partial charge in [0.05, 0.1) is 16.0 Å². The van der Waals surface area contributed by atoms with E-state index in [2.05, 4.69) is 33.9 Å². The van der Waals surface area contributed by atoms with Crippen molar-refractivity contribution in [1.29, 1.82) is 0 Å². The van der Waals surface area contributed by atoms with E-state index >= 15 is 0 Å². The first-order valence-corrected chi connectivity index (χ1v) is 6.65. The summed E-state index contributed by atoms with van der Waals surface area (Å²) >= 11 is 13.2. The summed E-state index contributed by atoms with van der Waals surface area (Å²) in [5, 5.41) is 2.33. The molecule has 0 aliphatic heterocycles. The molecule has 1 N–H and O–H groups in total. The van der Waals surface area contributed by atoms with Crippen molar-refractivity contribution in [3.05, 3.63) is 27.4 Å². The maximum atomic E-state index is 13.0. The van der Waals surface area contributed by atoms with Crippen LogP contribution in [0, 0.1) is 11.7 Å². The molecule has 0 spiro atoms. The van der Waals surface area contributed by atoms with Crippen molar-refractivity contribution in [3.63, 3.8) is 0 Å². The minimum atomic E-state index is -0.467. The van der Waals surface area contributed by atoms with Gasteiger partial charge in [-0.1, -0.05) is 25.4 Å². The largest absolute Gasteiger partial charge is 0.323 e. The number of amides is 1. The second-order valence-corrected chi connectivity index (χ2v) is 5.74. The highest BCUT2D eigenvalue weighted by Gasteiger charge is 2.20. The molecule has 0 aliphatic carbocycles. The number of thiol groups is 1. The van der Waals surface area contributed by atoms with Crippen molar-refractivity contribution in [3.8, 4) is 0 Å². The Bertz CT molecular complexity index is 418. The molecule has 17 heavy (non-hydrogen) atoms. The first-order chi connectivity index (χ1) is 7.82. The van der Waals surface area contributed by atoms with Crippen LogP contribution in [0.15, 0.2) is 16.6 Å². The van der Waals surface area contributed by atoms with E-state index in [-0.39, 0.29) is 16.8 Å². The maximum Gasteiger partial charge on any atom is 0.237 e. The molecule has 1 atom stereocenters. The minimum Gasteiger partial charge on any atom is -0.323 e. The van der Waals surface area contributed by atoms with Crippen LogP contribution in [-0.2, 0) is 4.79 Å². The van der Waals surface area contributed by atoms with Gasteiger partial charge in [-0.25, -0.2) is 4.39 Å². The van der Waals surface area contributed by atoms with Gasteiger partial charge in [-0.3, -0.25) is 4.79 Å². The highest BCUT2D eigenvalue weighted by atomic mass is 79.9. The molecule has 0 fully saturated rings. The van der Waals surface area contributed by atoms with Gasteiger partial charge in [0.15, 0.2) is 0 Å². The second-order valence-electron chi connectivity index (χ2n) is 3.92. The van der Waals surface area contributed by atoms with Crippen molar-refractivity contribution < 1.29 is 9.18 Å². The Labute approximate surface area is 118 Å². The molecule has 1 rings (SSSR count). The van der Waals surface area contributed by atoms with E-state index in [0.29, 0.717) is 10.2 Å². The van der Waals surface area contributed by atoms with Gasteiger partial charge >= 0.3 is 0 Å². The van der Waals surface area contributed by atoms with Crippen LogP contribution in [-0.4, -0.2) is 11.2 Å². The number of hydrogen-bond donors (Lipinski definition) is 2. The predicted molar refractivity (Wildman–Crippen MR) is 75.4 cm³/mol. The van der Waals surface area contributed by atoms with Crippen molar-refractivity contribution in [2.75, 3.05) is 5.32 Å². The Morgan fingerprint density at radius 3 is 2.59 bits per heavy atom. The quantitative estimate of drug-likeness (QED) is 0.796. The molecule has 0 radical (unpaired) electrons. The van der Waals surface area contributed by atoms with Gasteiger partial charge in [-0.15, -0.1) is 0 Å². The summed E-state index contributed by atoms with van der Waals surface area (Å²) in [4.78, 5) is 11.8. The molecule has 0 bridgehead atoms. The van der Waals surface area contributed by atoms with Gasteiger partial charge in [0, 0.05) is 4.47 Å². The van der Waals surface area contributed by atoms with Crippen LogP contribution in [0.5, 0.6) is 0 Å². The third kappa shape index (κ3) is 3.86. The third-order valence-electron chi connectivity index (χ3n) is 2.16. The first-order valence-electron chi connectivity index (χ1n) is 4.96. The Kier molecular flexibility index (Phi) is 5.28. The van der Waals surface area contributed by atoms with E-state index in [0.717, 1.165) is 6.07 Å². The second kappa shape index (κ2) is 6.07. The fourth-order valence-electron chi connectivity index (χ4n) is 1.16. The zero-order valence-corrected chi connectivity index (χ0v) is 12.5. The van der Waals surface area contributed by atoms with Gasteiger partial charge in [0.25, 0.3) is 0 Å². The van der Waals surface area contributed by atoms with Crippen molar-refractivity contribution >= 4 is 51.8 Å². The van der Waals surface area contributed by atoms with E-state index < -0.39 is 11.1 Å². The van der Waals surface area contributed by atoms with Crippen molar-refractivity contribution in [2.24, 2.45) is 5.92 Å². The Balaban J connectivity index is 2.93. The molecule has 0 aliphatic rings. The van der Waals surface area contributed by atoms with E-state index in [1.807, 2.05) is 13.8 Å². The molecule has 6 heteroatoms. The van der Waals surface area contributed by atoms with Gasteiger partial charge in [0.2, 0.25) is 5.91 Å². The maximum absolute atomic E-state index is 13.0. The molecule has 1 unspecified atom stereocenters. The smallest absolute Gasteiger partial charge is 0.237 e. The van der Waals surface area contributed by atoms with Crippen LogP contribution < -0.4 is 5.32 Å². The topological polar surface area (TPSA) is 29.1 Å². The number of rotatable bonds is 3. The molecule has 0 saturated heterocycles. The molecule has 1 aromatic rings. The fraction of sp³-hybridized carbons (Fsp3) is 0.364. The number of halogens is 3.